The van der Waals surface area contributed by atoms with Gasteiger partial charge in [0.15, 0.2) is 11.6 Å². The molecule has 4 rings (SSSR count). The number of ketones is 3. The normalized spacial score (nSPS) is 23.4. The summed E-state index contributed by atoms with van der Waals surface area (Å²) in [5.74, 6) is -0.514. The minimum atomic E-state index is -1.07. The molecule has 124 valence electrons. The Hall–Kier alpha value is -2.81. The minimum Gasteiger partial charge on any atom is -0.300 e. The Balaban J connectivity index is 2.07. The lowest BCUT2D eigenvalue weighted by atomic mass is 9.65. The van der Waals surface area contributed by atoms with E-state index in [1.165, 1.54) is 13.8 Å². The quantitative estimate of drug-likeness (QED) is 0.858. The van der Waals surface area contributed by atoms with E-state index in [9.17, 15) is 14.4 Å². The highest BCUT2D eigenvalue weighted by molar-refractivity contribution is 6.21. The molecule has 1 spiro atoms. The van der Waals surface area contributed by atoms with Crippen molar-refractivity contribution in [3.8, 4) is 0 Å². The van der Waals surface area contributed by atoms with E-state index in [-0.39, 0.29) is 29.7 Å². The van der Waals surface area contributed by atoms with Crippen molar-refractivity contribution in [2.45, 2.75) is 31.6 Å². The van der Waals surface area contributed by atoms with Crippen molar-refractivity contribution >= 4 is 23.4 Å². The summed E-state index contributed by atoms with van der Waals surface area (Å²) in [6, 6.07) is 15.1. The van der Waals surface area contributed by atoms with Gasteiger partial charge < -0.3 is 4.79 Å². The van der Waals surface area contributed by atoms with Crippen molar-refractivity contribution in [2.75, 3.05) is 0 Å². The maximum Gasteiger partial charge on any atom is 0.178 e. The average molecular weight is 330 g/mol. The molecule has 0 saturated carbocycles. The van der Waals surface area contributed by atoms with Crippen molar-refractivity contribution in [1.29, 1.82) is 0 Å². The molecule has 0 aromatic heterocycles. The third-order valence-corrected chi connectivity index (χ3v) is 5.44. The number of allylic oxidation sites excluding steroid dienone is 1. The fourth-order valence-electron chi connectivity index (χ4n) is 4.56. The highest BCUT2D eigenvalue weighted by Gasteiger charge is 2.59. The Kier molecular flexibility index (Phi) is 3.36. The van der Waals surface area contributed by atoms with Crippen LogP contribution in [0.4, 0.5) is 0 Å². The van der Waals surface area contributed by atoms with Gasteiger partial charge in [-0.05, 0) is 36.6 Å². The Morgan fingerprint density at radius 2 is 1.68 bits per heavy atom. The predicted octanol–water partition coefficient (Wildman–Crippen LogP) is 3.87. The first-order valence-corrected chi connectivity index (χ1v) is 8.43. The number of Topliss-reactive ketones (excluding diaryl/α,β-unsaturated/α-hetero) is 3. The summed E-state index contributed by atoms with van der Waals surface area (Å²) in [5, 5.41) is 0. The molecule has 2 aliphatic rings. The zero-order valence-corrected chi connectivity index (χ0v) is 14.2. The van der Waals surface area contributed by atoms with Crippen LogP contribution in [0.2, 0.25) is 0 Å². The molecule has 2 aromatic carbocycles. The molecule has 0 saturated heterocycles. The number of benzene rings is 2. The van der Waals surface area contributed by atoms with Gasteiger partial charge in [0.05, 0.1) is 5.41 Å². The summed E-state index contributed by atoms with van der Waals surface area (Å²) in [6.07, 6.45) is 2.07. The fraction of sp³-hybridized carbons (Fsp3) is 0.227. The van der Waals surface area contributed by atoms with E-state index in [0.717, 1.165) is 16.7 Å². The molecular formula is C22H18O3. The van der Waals surface area contributed by atoms with Crippen LogP contribution in [0.5, 0.6) is 0 Å². The average Bonchev–Trinajstić information content (AvgIpc) is 3.06. The number of hydrogen-bond acceptors (Lipinski definition) is 3. The maximum atomic E-state index is 13.6. The van der Waals surface area contributed by atoms with E-state index >= 15 is 0 Å². The number of carbonyl (C=O) groups excluding carboxylic acids is 3. The Morgan fingerprint density at radius 1 is 1.00 bits per heavy atom. The lowest BCUT2D eigenvalue weighted by Gasteiger charge is -2.33. The second kappa shape index (κ2) is 5.35. The van der Waals surface area contributed by atoms with Crippen molar-refractivity contribution in [1.82, 2.24) is 0 Å². The third-order valence-electron chi connectivity index (χ3n) is 5.44. The third kappa shape index (κ3) is 1.95. The predicted molar refractivity (Wildman–Crippen MR) is 95.6 cm³/mol. The van der Waals surface area contributed by atoms with E-state index in [1.54, 1.807) is 6.07 Å². The topological polar surface area (TPSA) is 51.2 Å². The van der Waals surface area contributed by atoms with Crippen molar-refractivity contribution < 1.29 is 14.4 Å². The molecule has 2 aliphatic carbocycles. The van der Waals surface area contributed by atoms with Gasteiger partial charge in [0.25, 0.3) is 0 Å². The van der Waals surface area contributed by atoms with Gasteiger partial charge in [-0.15, -0.1) is 0 Å². The molecule has 0 amide bonds. The SMILES string of the molecule is CC(=O)C[C@H]1c2ccccc2C(=O)[C@]12C(C(C)=O)=Cc1ccccc12. The molecule has 2 aromatic rings. The smallest absolute Gasteiger partial charge is 0.178 e. The molecule has 0 unspecified atom stereocenters. The molecule has 0 radical (unpaired) electrons. The summed E-state index contributed by atoms with van der Waals surface area (Å²) in [4.78, 5) is 38.1. The highest BCUT2D eigenvalue weighted by Crippen LogP contribution is 2.58. The van der Waals surface area contributed by atoms with Crippen LogP contribution in [0, 0.1) is 0 Å². The molecule has 2 atom stereocenters. The second-order valence-electron chi connectivity index (χ2n) is 6.88. The van der Waals surface area contributed by atoms with Crippen LogP contribution < -0.4 is 0 Å². The van der Waals surface area contributed by atoms with Crippen LogP contribution in [-0.2, 0) is 15.0 Å². The maximum absolute atomic E-state index is 13.6. The van der Waals surface area contributed by atoms with Crippen molar-refractivity contribution in [3.05, 3.63) is 76.4 Å². The first-order chi connectivity index (χ1) is 12.0. The van der Waals surface area contributed by atoms with E-state index < -0.39 is 5.41 Å². The van der Waals surface area contributed by atoms with Gasteiger partial charge in [0.1, 0.15) is 5.78 Å². The molecule has 0 bridgehead atoms. The molecule has 25 heavy (non-hydrogen) atoms. The van der Waals surface area contributed by atoms with Crippen molar-refractivity contribution in [3.63, 3.8) is 0 Å². The van der Waals surface area contributed by atoms with Gasteiger partial charge in [-0.1, -0.05) is 48.5 Å². The van der Waals surface area contributed by atoms with Crippen LogP contribution >= 0.6 is 0 Å². The molecule has 0 aliphatic heterocycles. The first kappa shape index (κ1) is 15.7. The van der Waals surface area contributed by atoms with Crippen LogP contribution in [0.15, 0.2) is 54.1 Å². The van der Waals surface area contributed by atoms with Gasteiger partial charge in [0.2, 0.25) is 0 Å². The number of rotatable bonds is 3. The van der Waals surface area contributed by atoms with Gasteiger partial charge in [-0.25, -0.2) is 0 Å². The van der Waals surface area contributed by atoms with Crippen LogP contribution in [0.1, 0.15) is 53.2 Å². The Labute approximate surface area is 146 Å². The fourth-order valence-corrected chi connectivity index (χ4v) is 4.56. The van der Waals surface area contributed by atoms with Gasteiger partial charge >= 0.3 is 0 Å². The largest absolute Gasteiger partial charge is 0.300 e. The first-order valence-electron chi connectivity index (χ1n) is 8.43. The summed E-state index contributed by atoms with van der Waals surface area (Å²) >= 11 is 0. The van der Waals surface area contributed by atoms with Gasteiger partial charge in [-0.3, -0.25) is 9.59 Å². The lowest BCUT2D eigenvalue weighted by molar-refractivity contribution is -0.118. The summed E-state index contributed by atoms with van der Waals surface area (Å²) < 4.78 is 0. The number of hydrogen-bond donors (Lipinski definition) is 0. The molecule has 3 nitrogen and oxygen atoms in total. The molecule has 3 heteroatoms. The monoisotopic (exact) mass is 330 g/mol. The van der Waals surface area contributed by atoms with E-state index in [2.05, 4.69) is 0 Å². The van der Waals surface area contributed by atoms with Crippen molar-refractivity contribution in [2.24, 2.45) is 0 Å². The Morgan fingerprint density at radius 3 is 2.40 bits per heavy atom. The zero-order valence-electron chi connectivity index (χ0n) is 14.2. The molecule has 0 heterocycles. The molecule has 0 fully saturated rings. The Bertz CT molecular complexity index is 967. The van der Waals surface area contributed by atoms with Crippen LogP contribution in [0.25, 0.3) is 6.08 Å². The molecule has 0 N–H and O–H groups in total. The summed E-state index contributed by atoms with van der Waals surface area (Å²) in [6.45, 7) is 3.04. The van der Waals surface area contributed by atoms with Gasteiger partial charge in [0, 0.05) is 23.5 Å². The van der Waals surface area contributed by atoms with Crippen LogP contribution in [-0.4, -0.2) is 17.3 Å². The number of carbonyl (C=O) groups is 3. The van der Waals surface area contributed by atoms with Crippen LogP contribution in [0.3, 0.4) is 0 Å². The van der Waals surface area contributed by atoms with E-state index in [1.807, 2.05) is 48.5 Å². The van der Waals surface area contributed by atoms with E-state index in [0.29, 0.717) is 11.1 Å². The highest BCUT2D eigenvalue weighted by atomic mass is 16.1. The molecular weight excluding hydrogens is 312 g/mol. The number of fused-ring (bicyclic) bond motifs is 3. The summed E-state index contributed by atoms with van der Waals surface area (Å²) in [5.41, 5.74) is 2.65. The lowest BCUT2D eigenvalue weighted by Crippen LogP contribution is -2.39. The standard InChI is InChI=1S/C22H18O3/c1-13(23)11-20-16-8-4-5-9-17(16)21(25)22(20)18-10-6-3-7-15(18)12-19(22)14(2)24/h3-10,12,20H,11H2,1-2H3/t20-,22+/m0/s1. The minimum absolute atomic E-state index is 0.0150. The van der Waals surface area contributed by atoms with Gasteiger partial charge in [-0.2, -0.15) is 0 Å². The zero-order chi connectivity index (χ0) is 17.8. The van der Waals surface area contributed by atoms with E-state index in [4.69, 9.17) is 0 Å². The summed E-state index contributed by atoms with van der Waals surface area (Å²) in [7, 11) is 0. The second-order valence-corrected chi connectivity index (χ2v) is 6.88.